The van der Waals surface area contributed by atoms with Crippen LogP contribution in [0.15, 0.2) is 42.5 Å². The molecule has 1 N–H and O–H groups in total. The van der Waals surface area contributed by atoms with Crippen LogP contribution >= 0.6 is 23.4 Å². The molecule has 0 aromatic heterocycles. The first-order valence-electron chi connectivity index (χ1n) is 7.13. The fraction of sp³-hybridized carbons (Fsp3) is 0.235. The number of para-hydroxylation sites is 1. The smallest absolute Gasteiger partial charge is 0.234 e. The van der Waals surface area contributed by atoms with E-state index in [1.165, 1.54) is 30.0 Å². The van der Waals surface area contributed by atoms with Crippen molar-refractivity contribution in [2.45, 2.75) is 12.7 Å². The molecule has 0 saturated carbocycles. The Morgan fingerprint density at radius 2 is 2.09 bits per heavy atom. The highest BCUT2D eigenvalue weighted by atomic mass is 35.5. The highest BCUT2D eigenvalue weighted by Crippen LogP contribution is 2.24. The molecule has 1 amide bonds. The highest BCUT2D eigenvalue weighted by molar-refractivity contribution is 7.99. The monoisotopic (exact) mass is 353 g/mol. The molecule has 0 aliphatic carbocycles. The van der Waals surface area contributed by atoms with E-state index in [0.717, 1.165) is 11.3 Å². The number of thioether (sulfide) groups is 1. The minimum absolute atomic E-state index is 0.0952. The zero-order valence-electron chi connectivity index (χ0n) is 12.6. The summed E-state index contributed by atoms with van der Waals surface area (Å²) in [4.78, 5) is 11.9. The van der Waals surface area contributed by atoms with Gasteiger partial charge in [-0.2, -0.15) is 0 Å². The quantitative estimate of drug-likeness (QED) is 0.780. The lowest BCUT2D eigenvalue weighted by molar-refractivity contribution is -0.113. The lowest BCUT2D eigenvalue weighted by atomic mass is 10.2. The average Bonchev–Trinajstić information content (AvgIpc) is 2.53. The molecule has 0 atom stereocenters. The van der Waals surface area contributed by atoms with Gasteiger partial charge >= 0.3 is 0 Å². The second kappa shape index (κ2) is 8.79. The van der Waals surface area contributed by atoms with Crippen LogP contribution in [0, 0.1) is 5.82 Å². The summed E-state index contributed by atoms with van der Waals surface area (Å²) < 4.78 is 19.1. The van der Waals surface area contributed by atoms with E-state index in [1.807, 2.05) is 31.2 Å². The van der Waals surface area contributed by atoms with Crippen LogP contribution in [0.1, 0.15) is 12.5 Å². The average molecular weight is 354 g/mol. The number of nitrogens with one attached hydrogen (secondary N) is 1. The van der Waals surface area contributed by atoms with Crippen LogP contribution in [0.5, 0.6) is 5.75 Å². The Labute approximate surface area is 144 Å². The van der Waals surface area contributed by atoms with Gasteiger partial charge in [0.05, 0.1) is 18.0 Å². The Kier molecular flexibility index (Phi) is 6.74. The second-order valence-electron chi connectivity index (χ2n) is 4.71. The van der Waals surface area contributed by atoms with Crippen molar-refractivity contribution >= 4 is 35.0 Å². The van der Waals surface area contributed by atoms with Crippen molar-refractivity contribution in [1.82, 2.24) is 0 Å². The van der Waals surface area contributed by atoms with Crippen LogP contribution in [-0.4, -0.2) is 18.3 Å². The fourth-order valence-electron chi connectivity index (χ4n) is 1.95. The molecule has 122 valence electrons. The number of benzene rings is 2. The highest BCUT2D eigenvalue weighted by Gasteiger charge is 2.09. The minimum Gasteiger partial charge on any atom is -0.494 e. The first kappa shape index (κ1) is 17.6. The second-order valence-corrected chi connectivity index (χ2v) is 6.13. The summed E-state index contributed by atoms with van der Waals surface area (Å²) in [6.45, 7) is 2.52. The summed E-state index contributed by atoms with van der Waals surface area (Å²) in [7, 11) is 0. The topological polar surface area (TPSA) is 38.3 Å². The van der Waals surface area contributed by atoms with E-state index in [-0.39, 0.29) is 17.3 Å². The Bertz CT molecular complexity index is 681. The molecule has 2 aromatic rings. The number of carbonyl (C=O) groups is 1. The standard InChI is InChI=1S/C17H17ClFNO2S/c1-2-22-16-6-4-3-5-12(16)10-23-11-17(21)20-15-9-13(18)7-8-14(15)19/h3-9H,2,10-11H2,1H3,(H,20,21). The van der Waals surface area contributed by atoms with Gasteiger partial charge in [-0.05, 0) is 31.2 Å². The summed E-state index contributed by atoms with van der Waals surface area (Å²) in [5, 5.41) is 2.90. The summed E-state index contributed by atoms with van der Waals surface area (Å²) in [5.74, 6) is 0.900. The summed E-state index contributed by atoms with van der Waals surface area (Å²) >= 11 is 7.23. The van der Waals surface area contributed by atoms with Crippen molar-refractivity contribution < 1.29 is 13.9 Å². The van der Waals surface area contributed by atoms with E-state index in [4.69, 9.17) is 16.3 Å². The predicted molar refractivity (Wildman–Crippen MR) is 93.8 cm³/mol. The van der Waals surface area contributed by atoms with Crippen LogP contribution in [0.2, 0.25) is 5.02 Å². The number of ether oxygens (including phenoxy) is 1. The molecule has 0 bridgehead atoms. The van der Waals surface area contributed by atoms with E-state index in [2.05, 4.69) is 5.32 Å². The van der Waals surface area contributed by atoms with Crippen molar-refractivity contribution in [1.29, 1.82) is 0 Å². The molecule has 0 radical (unpaired) electrons. The Balaban J connectivity index is 1.87. The molecule has 6 heteroatoms. The molecule has 2 rings (SSSR count). The number of hydrogen-bond donors (Lipinski definition) is 1. The predicted octanol–water partition coefficient (Wildman–Crippen LogP) is 4.75. The molecule has 0 fully saturated rings. The van der Waals surface area contributed by atoms with Gasteiger partial charge in [-0.15, -0.1) is 11.8 Å². The maximum absolute atomic E-state index is 13.6. The molecule has 0 spiro atoms. The Morgan fingerprint density at radius 1 is 1.30 bits per heavy atom. The van der Waals surface area contributed by atoms with E-state index in [9.17, 15) is 9.18 Å². The third kappa shape index (κ3) is 5.44. The third-order valence-corrected chi connectivity index (χ3v) is 4.18. The van der Waals surface area contributed by atoms with E-state index in [1.54, 1.807) is 0 Å². The number of rotatable bonds is 7. The SMILES string of the molecule is CCOc1ccccc1CSCC(=O)Nc1cc(Cl)ccc1F. The molecule has 0 aliphatic heterocycles. The molecule has 0 heterocycles. The van der Waals surface area contributed by atoms with Crippen LogP contribution in [0.25, 0.3) is 0 Å². The number of amides is 1. The van der Waals surface area contributed by atoms with Gasteiger partial charge in [-0.3, -0.25) is 4.79 Å². The zero-order chi connectivity index (χ0) is 16.7. The fourth-order valence-corrected chi connectivity index (χ4v) is 2.94. The Hall–Kier alpha value is -1.72. The van der Waals surface area contributed by atoms with Gasteiger partial charge < -0.3 is 10.1 Å². The van der Waals surface area contributed by atoms with Gasteiger partial charge in [0, 0.05) is 16.3 Å². The van der Waals surface area contributed by atoms with Gasteiger partial charge in [-0.1, -0.05) is 29.8 Å². The summed E-state index contributed by atoms with van der Waals surface area (Å²) in [6, 6.07) is 11.8. The zero-order valence-corrected chi connectivity index (χ0v) is 14.2. The van der Waals surface area contributed by atoms with Gasteiger partial charge in [0.2, 0.25) is 5.91 Å². The number of halogens is 2. The molecule has 3 nitrogen and oxygen atoms in total. The van der Waals surface area contributed by atoms with Crippen LogP contribution in [0.4, 0.5) is 10.1 Å². The van der Waals surface area contributed by atoms with E-state index < -0.39 is 5.82 Å². The first-order chi connectivity index (χ1) is 11.1. The number of hydrogen-bond acceptors (Lipinski definition) is 3. The molecular formula is C17H17ClFNO2S. The van der Waals surface area contributed by atoms with Gasteiger partial charge in [-0.25, -0.2) is 4.39 Å². The first-order valence-corrected chi connectivity index (χ1v) is 8.66. The normalized spacial score (nSPS) is 10.4. The number of carbonyl (C=O) groups excluding carboxylic acids is 1. The maximum Gasteiger partial charge on any atom is 0.234 e. The third-order valence-electron chi connectivity index (χ3n) is 2.97. The summed E-state index contributed by atoms with van der Waals surface area (Å²) in [6.07, 6.45) is 0. The molecular weight excluding hydrogens is 337 g/mol. The largest absolute Gasteiger partial charge is 0.494 e. The van der Waals surface area contributed by atoms with Crippen LogP contribution in [0.3, 0.4) is 0 Å². The number of anilines is 1. The van der Waals surface area contributed by atoms with Crippen molar-refractivity contribution in [2.24, 2.45) is 0 Å². The van der Waals surface area contributed by atoms with Gasteiger partial charge in [0.15, 0.2) is 0 Å². The summed E-state index contributed by atoms with van der Waals surface area (Å²) in [5.41, 5.74) is 1.12. The van der Waals surface area contributed by atoms with E-state index in [0.29, 0.717) is 17.4 Å². The Morgan fingerprint density at radius 3 is 2.87 bits per heavy atom. The van der Waals surface area contributed by atoms with Crippen LogP contribution < -0.4 is 10.1 Å². The van der Waals surface area contributed by atoms with Crippen molar-refractivity contribution in [3.63, 3.8) is 0 Å². The van der Waals surface area contributed by atoms with Crippen molar-refractivity contribution in [3.05, 3.63) is 58.9 Å². The molecule has 2 aromatic carbocycles. The van der Waals surface area contributed by atoms with Crippen molar-refractivity contribution in [3.8, 4) is 5.75 Å². The lowest BCUT2D eigenvalue weighted by Crippen LogP contribution is -2.15. The van der Waals surface area contributed by atoms with Gasteiger partial charge in [0.25, 0.3) is 0 Å². The maximum atomic E-state index is 13.6. The molecule has 0 unspecified atom stereocenters. The molecule has 0 aliphatic rings. The van der Waals surface area contributed by atoms with Gasteiger partial charge in [0.1, 0.15) is 11.6 Å². The van der Waals surface area contributed by atoms with Crippen LogP contribution in [-0.2, 0) is 10.5 Å². The lowest BCUT2D eigenvalue weighted by Gasteiger charge is -2.10. The molecule has 0 saturated heterocycles. The van der Waals surface area contributed by atoms with E-state index >= 15 is 0 Å². The minimum atomic E-state index is -0.505. The molecule has 23 heavy (non-hydrogen) atoms. The van der Waals surface area contributed by atoms with Crippen molar-refractivity contribution in [2.75, 3.05) is 17.7 Å².